The molecule has 174 valence electrons. The molecule has 0 spiro atoms. The van der Waals surface area contributed by atoms with Crippen LogP contribution in [0.15, 0.2) is 24.3 Å². The average Bonchev–Trinajstić information content (AvgIpc) is 2.78. The van der Waals surface area contributed by atoms with E-state index >= 15 is 0 Å². The van der Waals surface area contributed by atoms with Gasteiger partial charge in [0.25, 0.3) is 17.4 Å². The lowest BCUT2D eigenvalue weighted by Crippen LogP contribution is -2.83. The van der Waals surface area contributed by atoms with Gasteiger partial charge in [-0.15, -0.1) is 0 Å². The molecule has 0 saturated carbocycles. The van der Waals surface area contributed by atoms with Crippen molar-refractivity contribution in [2.24, 2.45) is 5.73 Å². The number of benzene rings is 1. The molecule has 0 atom stereocenters. The Morgan fingerprint density at radius 2 is 1.50 bits per heavy atom. The van der Waals surface area contributed by atoms with Gasteiger partial charge in [0, 0.05) is 25.1 Å². The molecule has 1 aromatic rings. The van der Waals surface area contributed by atoms with E-state index < -0.39 is 29.3 Å². The number of carbonyl (C=O) groups excluding carboxylic acids is 4. The number of nitrogens with two attached hydrogens (primary N) is 1. The Morgan fingerprint density at radius 3 is 2.06 bits per heavy atom. The Bertz CT molecular complexity index is 842. The maximum absolute atomic E-state index is 13.5. The highest BCUT2D eigenvalue weighted by molar-refractivity contribution is 6.23. The molecule has 5 amide bonds. The Kier molecular flexibility index (Phi) is 7.63. The molecule has 2 heterocycles. The van der Waals surface area contributed by atoms with Crippen LogP contribution < -0.4 is 26.2 Å². The van der Waals surface area contributed by atoms with Crippen molar-refractivity contribution in [3.63, 3.8) is 0 Å². The first kappa shape index (κ1) is 23.9. The van der Waals surface area contributed by atoms with E-state index in [0.29, 0.717) is 44.6 Å². The topological polar surface area (TPSA) is 130 Å². The SMILES string of the molecule is CCCCCCCCC1([N+]2(c3ccc(C(N)=O)cc3)CCNCC2)C(=O)NC(=O)NC1=O. The highest BCUT2D eigenvalue weighted by atomic mass is 16.2. The van der Waals surface area contributed by atoms with E-state index in [-0.39, 0.29) is 4.48 Å². The van der Waals surface area contributed by atoms with Crippen LogP contribution in [0.4, 0.5) is 10.5 Å². The number of barbiturate groups is 1. The third-order valence-electron chi connectivity index (χ3n) is 6.81. The molecule has 9 nitrogen and oxygen atoms in total. The summed E-state index contributed by atoms with van der Waals surface area (Å²) in [4.78, 5) is 50.4. The molecule has 2 aliphatic heterocycles. The molecule has 32 heavy (non-hydrogen) atoms. The number of primary amides is 1. The summed E-state index contributed by atoms with van der Waals surface area (Å²) in [6, 6.07) is 6.01. The van der Waals surface area contributed by atoms with Crippen LogP contribution in [0, 0.1) is 0 Å². The van der Waals surface area contributed by atoms with Crippen LogP contribution in [0.25, 0.3) is 0 Å². The number of nitrogens with zero attached hydrogens (tertiary/aromatic N) is 1. The van der Waals surface area contributed by atoms with Crippen molar-refractivity contribution in [3.05, 3.63) is 29.8 Å². The Hall–Kier alpha value is -2.78. The van der Waals surface area contributed by atoms with Crippen LogP contribution in [0.2, 0.25) is 0 Å². The second-order valence-corrected chi connectivity index (χ2v) is 8.69. The predicted octanol–water partition coefficient (Wildman–Crippen LogP) is 1.55. The highest BCUT2D eigenvalue weighted by Crippen LogP contribution is 2.39. The van der Waals surface area contributed by atoms with Crippen molar-refractivity contribution >= 4 is 29.4 Å². The summed E-state index contributed by atoms with van der Waals surface area (Å²) in [7, 11) is 0. The smallest absolute Gasteiger partial charge is 0.328 e. The molecule has 0 aromatic heterocycles. The molecule has 0 bridgehead atoms. The number of hydrogen-bond acceptors (Lipinski definition) is 5. The molecule has 5 N–H and O–H groups in total. The van der Waals surface area contributed by atoms with Gasteiger partial charge < -0.3 is 11.1 Å². The van der Waals surface area contributed by atoms with Crippen LogP contribution in [-0.4, -0.2) is 55.5 Å². The Labute approximate surface area is 188 Å². The summed E-state index contributed by atoms with van der Waals surface area (Å²) in [5.41, 5.74) is 5.05. The first-order chi connectivity index (χ1) is 15.4. The fourth-order valence-electron chi connectivity index (χ4n) is 5.09. The number of imide groups is 2. The normalized spacial score (nSPS) is 19.8. The van der Waals surface area contributed by atoms with Crippen molar-refractivity contribution in [2.75, 3.05) is 26.2 Å². The average molecular weight is 445 g/mol. The van der Waals surface area contributed by atoms with E-state index in [9.17, 15) is 19.2 Å². The van der Waals surface area contributed by atoms with Crippen LogP contribution in [0.3, 0.4) is 0 Å². The van der Waals surface area contributed by atoms with Gasteiger partial charge in [-0.05, 0) is 30.7 Å². The number of nitrogens with one attached hydrogen (secondary N) is 3. The number of amides is 5. The van der Waals surface area contributed by atoms with E-state index in [4.69, 9.17) is 5.73 Å². The third kappa shape index (κ3) is 4.40. The maximum atomic E-state index is 13.5. The molecule has 0 unspecified atom stereocenters. The second-order valence-electron chi connectivity index (χ2n) is 8.69. The van der Waals surface area contributed by atoms with Crippen molar-refractivity contribution in [3.8, 4) is 0 Å². The fourth-order valence-corrected chi connectivity index (χ4v) is 5.09. The standard InChI is InChI=1S/C23H33N5O4/c1-2-3-4-5-6-7-12-23(20(30)26-22(32)27-21(23)31)28(15-13-25-14-16-28)18-10-8-17(9-11-18)19(24)29/h8-11,25H,2-7,12-16H2,1H3,(H3-,24,26,27,29,30,31,32)/p+1. The first-order valence-corrected chi connectivity index (χ1v) is 11.5. The lowest BCUT2D eigenvalue weighted by Gasteiger charge is -2.53. The largest absolute Gasteiger partial charge is 0.366 e. The van der Waals surface area contributed by atoms with E-state index in [1.54, 1.807) is 24.3 Å². The number of urea groups is 1. The Morgan fingerprint density at radius 1 is 0.938 bits per heavy atom. The van der Waals surface area contributed by atoms with Gasteiger partial charge in [0.05, 0.1) is 13.1 Å². The van der Waals surface area contributed by atoms with Crippen molar-refractivity contribution in [1.82, 2.24) is 20.4 Å². The zero-order chi connectivity index (χ0) is 23.2. The number of unbranched alkanes of at least 4 members (excludes halogenated alkanes) is 5. The minimum Gasteiger partial charge on any atom is -0.366 e. The van der Waals surface area contributed by atoms with E-state index in [2.05, 4.69) is 22.9 Å². The molecular formula is C23H34N5O4+. The van der Waals surface area contributed by atoms with Crippen LogP contribution in [-0.2, 0) is 9.59 Å². The molecule has 0 aliphatic carbocycles. The van der Waals surface area contributed by atoms with Gasteiger partial charge in [-0.25, -0.2) is 4.79 Å². The quantitative estimate of drug-likeness (QED) is 0.247. The number of piperazine rings is 1. The van der Waals surface area contributed by atoms with Crippen molar-refractivity contribution in [1.29, 1.82) is 0 Å². The molecule has 2 fully saturated rings. The summed E-state index contributed by atoms with van der Waals surface area (Å²) in [6.07, 6.45) is 6.42. The maximum Gasteiger partial charge on any atom is 0.328 e. The lowest BCUT2D eigenvalue weighted by atomic mass is 9.82. The fraction of sp³-hybridized carbons (Fsp3) is 0.565. The summed E-state index contributed by atoms with van der Waals surface area (Å²) in [6.45, 7) is 4.39. The summed E-state index contributed by atoms with van der Waals surface area (Å²) in [5, 5.41) is 8.03. The van der Waals surface area contributed by atoms with Gasteiger partial charge in [-0.1, -0.05) is 39.0 Å². The van der Waals surface area contributed by atoms with Gasteiger partial charge in [-0.2, -0.15) is 0 Å². The lowest BCUT2D eigenvalue weighted by molar-refractivity contribution is -0.148. The van der Waals surface area contributed by atoms with Crippen molar-refractivity contribution in [2.45, 2.75) is 57.4 Å². The summed E-state index contributed by atoms with van der Waals surface area (Å²) in [5.74, 6) is -1.65. The molecular weight excluding hydrogens is 410 g/mol. The van der Waals surface area contributed by atoms with Gasteiger partial charge in [0.2, 0.25) is 5.91 Å². The minimum atomic E-state index is -1.46. The molecule has 1 aromatic carbocycles. The van der Waals surface area contributed by atoms with E-state index in [1.807, 2.05) is 0 Å². The molecule has 2 saturated heterocycles. The molecule has 9 heteroatoms. The monoisotopic (exact) mass is 444 g/mol. The number of carbonyl (C=O) groups is 4. The van der Waals surface area contributed by atoms with Crippen molar-refractivity contribution < 1.29 is 19.2 Å². The van der Waals surface area contributed by atoms with Crippen LogP contribution >= 0.6 is 0 Å². The van der Waals surface area contributed by atoms with Gasteiger partial charge in [0.1, 0.15) is 5.69 Å². The van der Waals surface area contributed by atoms with Crippen LogP contribution in [0.5, 0.6) is 0 Å². The Balaban J connectivity index is 2.02. The minimum absolute atomic E-state index is 0.0962. The number of quaternary nitrogens is 1. The predicted molar refractivity (Wildman–Crippen MR) is 122 cm³/mol. The first-order valence-electron chi connectivity index (χ1n) is 11.5. The van der Waals surface area contributed by atoms with E-state index in [0.717, 1.165) is 31.4 Å². The molecule has 0 radical (unpaired) electrons. The zero-order valence-electron chi connectivity index (χ0n) is 18.7. The number of hydrogen-bond donors (Lipinski definition) is 4. The second kappa shape index (κ2) is 10.2. The zero-order valence-corrected chi connectivity index (χ0v) is 18.7. The van der Waals surface area contributed by atoms with Gasteiger partial charge in [-0.3, -0.25) is 29.5 Å². The molecule has 3 rings (SSSR count). The molecule has 2 aliphatic rings. The summed E-state index contributed by atoms with van der Waals surface area (Å²) >= 11 is 0. The van der Waals surface area contributed by atoms with Crippen LogP contribution in [0.1, 0.15) is 62.2 Å². The van der Waals surface area contributed by atoms with E-state index in [1.165, 1.54) is 6.42 Å². The van der Waals surface area contributed by atoms with Gasteiger partial charge in [0.15, 0.2) is 0 Å². The number of rotatable bonds is 10. The third-order valence-corrected chi connectivity index (χ3v) is 6.81. The highest BCUT2D eigenvalue weighted by Gasteiger charge is 2.65. The van der Waals surface area contributed by atoms with Gasteiger partial charge >= 0.3 is 6.03 Å². The summed E-state index contributed by atoms with van der Waals surface area (Å²) < 4.78 is 0.0962.